The number of alkyl halides is 3. The minimum absolute atomic E-state index is 0.524. The fourth-order valence-corrected chi connectivity index (χ4v) is 2.23. The molecule has 0 aromatic carbocycles. The third-order valence-electron chi connectivity index (χ3n) is 3.14. The van der Waals surface area contributed by atoms with Gasteiger partial charge in [0.05, 0.1) is 6.54 Å². The summed E-state index contributed by atoms with van der Waals surface area (Å²) in [6, 6.07) is 0. The van der Waals surface area contributed by atoms with E-state index in [1.165, 1.54) is 4.90 Å². The van der Waals surface area contributed by atoms with Crippen molar-refractivity contribution in [2.75, 3.05) is 52.9 Å². The Morgan fingerprint density at radius 1 is 0.944 bits per heavy atom. The van der Waals surface area contributed by atoms with E-state index < -0.39 is 12.7 Å². The van der Waals surface area contributed by atoms with Crippen molar-refractivity contribution >= 4 is 0 Å². The van der Waals surface area contributed by atoms with Crippen LogP contribution in [0.3, 0.4) is 0 Å². The molecule has 0 aliphatic carbocycles. The lowest BCUT2D eigenvalue weighted by Crippen LogP contribution is -2.38. The molecule has 0 unspecified atom stereocenters. The second-order valence-electron chi connectivity index (χ2n) is 5.01. The molecule has 1 aliphatic heterocycles. The van der Waals surface area contributed by atoms with E-state index in [1.807, 2.05) is 7.05 Å². The quantitative estimate of drug-likeness (QED) is 0.778. The molecule has 1 heterocycles. The van der Waals surface area contributed by atoms with Gasteiger partial charge in [-0.2, -0.15) is 13.2 Å². The number of nitrogens with one attached hydrogen (secondary N) is 1. The summed E-state index contributed by atoms with van der Waals surface area (Å²) in [5, 5.41) is 3.27. The van der Waals surface area contributed by atoms with Crippen molar-refractivity contribution in [3.05, 3.63) is 0 Å². The Balaban J connectivity index is 2.39. The number of nitrogens with zero attached hydrogens (tertiary/aromatic N) is 2. The molecule has 0 atom stereocenters. The number of hydrogen-bond acceptors (Lipinski definition) is 3. The predicted octanol–water partition coefficient (Wildman–Crippen LogP) is 1.56. The second kappa shape index (κ2) is 7.96. The Bertz CT molecular complexity index is 221. The van der Waals surface area contributed by atoms with Crippen molar-refractivity contribution in [2.24, 2.45) is 0 Å². The highest BCUT2D eigenvalue weighted by Gasteiger charge is 2.30. The van der Waals surface area contributed by atoms with Crippen molar-refractivity contribution in [3.8, 4) is 0 Å². The monoisotopic (exact) mass is 267 g/mol. The SMILES string of the molecule is CN1CCCNCCCN(CC(F)(F)F)CCC1. The van der Waals surface area contributed by atoms with Crippen LogP contribution in [0.1, 0.15) is 19.3 Å². The summed E-state index contributed by atoms with van der Waals surface area (Å²) in [7, 11) is 2.03. The van der Waals surface area contributed by atoms with Gasteiger partial charge in [0.1, 0.15) is 0 Å². The Morgan fingerprint density at radius 3 is 2.17 bits per heavy atom. The standard InChI is InChI=1S/C12H24F3N3/c1-17-7-2-5-16-6-3-9-18(10-4-8-17)11-12(13,14)15/h16H,2-11H2,1H3. The molecule has 0 aromatic rings. The van der Waals surface area contributed by atoms with Gasteiger partial charge in [-0.05, 0) is 65.6 Å². The first kappa shape index (κ1) is 15.7. The third kappa shape index (κ3) is 7.89. The molecular formula is C12H24F3N3. The van der Waals surface area contributed by atoms with E-state index in [4.69, 9.17) is 0 Å². The fraction of sp³-hybridized carbons (Fsp3) is 1.00. The maximum absolute atomic E-state index is 12.4. The molecule has 0 aromatic heterocycles. The molecule has 18 heavy (non-hydrogen) atoms. The van der Waals surface area contributed by atoms with Gasteiger partial charge in [0.2, 0.25) is 0 Å². The molecule has 0 radical (unpaired) electrons. The Labute approximate surface area is 107 Å². The van der Waals surface area contributed by atoms with Crippen LogP contribution >= 0.6 is 0 Å². The van der Waals surface area contributed by atoms with E-state index in [1.54, 1.807) is 0 Å². The lowest BCUT2D eigenvalue weighted by molar-refractivity contribution is -0.146. The van der Waals surface area contributed by atoms with Gasteiger partial charge in [-0.25, -0.2) is 0 Å². The third-order valence-corrected chi connectivity index (χ3v) is 3.14. The van der Waals surface area contributed by atoms with E-state index in [0.717, 1.165) is 45.4 Å². The molecule has 1 rings (SSSR count). The Hall–Kier alpha value is -0.330. The summed E-state index contributed by atoms with van der Waals surface area (Å²) in [6.45, 7) is 3.90. The minimum Gasteiger partial charge on any atom is -0.317 e. The largest absolute Gasteiger partial charge is 0.401 e. The first-order valence-electron chi connectivity index (χ1n) is 6.66. The minimum atomic E-state index is -4.09. The summed E-state index contributed by atoms with van der Waals surface area (Å²) >= 11 is 0. The van der Waals surface area contributed by atoms with E-state index in [9.17, 15) is 13.2 Å². The van der Waals surface area contributed by atoms with E-state index in [2.05, 4.69) is 10.2 Å². The zero-order valence-electron chi connectivity index (χ0n) is 11.1. The molecule has 0 saturated carbocycles. The highest BCUT2D eigenvalue weighted by atomic mass is 19.4. The van der Waals surface area contributed by atoms with Crippen LogP contribution in [0.15, 0.2) is 0 Å². The lowest BCUT2D eigenvalue weighted by Gasteiger charge is -2.26. The van der Waals surface area contributed by atoms with E-state index >= 15 is 0 Å². The molecule has 0 bridgehead atoms. The number of halogens is 3. The predicted molar refractivity (Wildman–Crippen MR) is 66.7 cm³/mol. The molecule has 108 valence electrons. The summed E-state index contributed by atoms with van der Waals surface area (Å²) in [6.07, 6.45) is -1.40. The first-order chi connectivity index (χ1) is 8.47. The van der Waals surface area contributed by atoms with Crippen molar-refractivity contribution < 1.29 is 13.2 Å². The van der Waals surface area contributed by atoms with Crippen LogP contribution in [0, 0.1) is 0 Å². The van der Waals surface area contributed by atoms with Crippen molar-refractivity contribution in [3.63, 3.8) is 0 Å². The molecule has 1 aliphatic rings. The normalized spacial score (nSPS) is 23.3. The molecule has 3 nitrogen and oxygen atoms in total. The van der Waals surface area contributed by atoms with Crippen LogP contribution in [0.5, 0.6) is 0 Å². The van der Waals surface area contributed by atoms with Gasteiger partial charge in [0, 0.05) is 0 Å². The van der Waals surface area contributed by atoms with Gasteiger partial charge in [-0.1, -0.05) is 0 Å². The number of hydrogen-bond donors (Lipinski definition) is 1. The van der Waals surface area contributed by atoms with Crippen LogP contribution in [-0.4, -0.2) is 68.8 Å². The van der Waals surface area contributed by atoms with Crippen molar-refractivity contribution in [1.29, 1.82) is 0 Å². The van der Waals surface area contributed by atoms with Crippen LogP contribution in [0.4, 0.5) is 13.2 Å². The first-order valence-corrected chi connectivity index (χ1v) is 6.66. The van der Waals surface area contributed by atoms with E-state index in [-0.39, 0.29) is 0 Å². The molecule has 1 fully saturated rings. The highest BCUT2D eigenvalue weighted by molar-refractivity contribution is 4.66. The van der Waals surface area contributed by atoms with Gasteiger partial charge in [0.25, 0.3) is 0 Å². The number of rotatable bonds is 1. The summed E-state index contributed by atoms with van der Waals surface area (Å²) < 4.78 is 37.2. The van der Waals surface area contributed by atoms with E-state index in [0.29, 0.717) is 13.1 Å². The lowest BCUT2D eigenvalue weighted by atomic mass is 10.2. The molecule has 1 N–H and O–H groups in total. The topological polar surface area (TPSA) is 18.5 Å². The maximum atomic E-state index is 12.4. The second-order valence-corrected chi connectivity index (χ2v) is 5.01. The fourth-order valence-electron chi connectivity index (χ4n) is 2.23. The molecule has 1 saturated heterocycles. The summed E-state index contributed by atoms with van der Waals surface area (Å²) in [4.78, 5) is 3.71. The molecule has 0 spiro atoms. The van der Waals surface area contributed by atoms with Crippen LogP contribution in [-0.2, 0) is 0 Å². The summed E-state index contributed by atoms with van der Waals surface area (Å²) in [5.41, 5.74) is 0. The average molecular weight is 267 g/mol. The zero-order chi connectivity index (χ0) is 13.4. The highest BCUT2D eigenvalue weighted by Crippen LogP contribution is 2.16. The molecular weight excluding hydrogens is 243 g/mol. The van der Waals surface area contributed by atoms with Gasteiger partial charge >= 0.3 is 6.18 Å². The van der Waals surface area contributed by atoms with Gasteiger partial charge in [-0.3, -0.25) is 4.90 Å². The van der Waals surface area contributed by atoms with Gasteiger partial charge < -0.3 is 10.2 Å². The zero-order valence-corrected chi connectivity index (χ0v) is 11.1. The van der Waals surface area contributed by atoms with Crippen LogP contribution in [0.2, 0.25) is 0 Å². The van der Waals surface area contributed by atoms with Crippen LogP contribution in [0.25, 0.3) is 0 Å². The van der Waals surface area contributed by atoms with Gasteiger partial charge in [0.15, 0.2) is 0 Å². The Morgan fingerprint density at radius 2 is 1.50 bits per heavy atom. The van der Waals surface area contributed by atoms with Crippen molar-refractivity contribution in [2.45, 2.75) is 25.4 Å². The van der Waals surface area contributed by atoms with Crippen molar-refractivity contribution in [1.82, 2.24) is 15.1 Å². The smallest absolute Gasteiger partial charge is 0.317 e. The maximum Gasteiger partial charge on any atom is 0.401 e. The Kier molecular flexibility index (Phi) is 6.96. The molecule has 6 heteroatoms. The average Bonchev–Trinajstić information content (AvgIpc) is 2.23. The van der Waals surface area contributed by atoms with Gasteiger partial charge in [-0.15, -0.1) is 0 Å². The van der Waals surface area contributed by atoms with Crippen LogP contribution < -0.4 is 5.32 Å². The molecule has 0 amide bonds. The summed E-state index contributed by atoms with van der Waals surface area (Å²) in [5.74, 6) is 0.